The minimum atomic E-state index is -0.0255. The van der Waals surface area contributed by atoms with Crippen molar-refractivity contribution in [3.05, 3.63) is 29.3 Å². The van der Waals surface area contributed by atoms with Crippen LogP contribution in [0, 0.1) is 19.8 Å². The van der Waals surface area contributed by atoms with E-state index in [1.165, 1.54) is 19.3 Å². The molecule has 2 aromatic heterocycles. The number of aromatic nitrogens is 4. The molecule has 2 fully saturated rings. The fourth-order valence-corrected chi connectivity index (χ4v) is 4.68. The zero-order chi connectivity index (χ0) is 22.0. The number of nitrogens with one attached hydrogen (secondary N) is 2. The van der Waals surface area contributed by atoms with E-state index >= 15 is 0 Å². The van der Waals surface area contributed by atoms with Gasteiger partial charge in [-0.05, 0) is 58.8 Å². The summed E-state index contributed by atoms with van der Waals surface area (Å²) in [6.45, 7) is 8.05. The van der Waals surface area contributed by atoms with Crippen LogP contribution >= 0.6 is 0 Å². The molecule has 1 aliphatic carbocycles. The van der Waals surface area contributed by atoms with E-state index in [4.69, 9.17) is 0 Å². The van der Waals surface area contributed by atoms with Crippen LogP contribution in [0.5, 0.6) is 0 Å². The summed E-state index contributed by atoms with van der Waals surface area (Å²) in [5.74, 6) is 2.53. The van der Waals surface area contributed by atoms with E-state index in [9.17, 15) is 4.79 Å². The number of carbonyl (C=O) groups excluding carboxylic acids is 1. The third-order valence-electron chi connectivity index (χ3n) is 6.58. The summed E-state index contributed by atoms with van der Waals surface area (Å²) < 4.78 is 1.88. The summed E-state index contributed by atoms with van der Waals surface area (Å²) >= 11 is 0. The van der Waals surface area contributed by atoms with E-state index in [1.807, 2.05) is 32.5 Å². The number of anilines is 2. The van der Waals surface area contributed by atoms with Crippen LogP contribution in [0.1, 0.15) is 68.4 Å². The standard InChI is InChI=1S/C23H35N7O/c1-15(23-16(2)28-29(4)17(23)3)26-22(31)10-7-18-6-5-11-30(13-18)21-12-20(24-14-25-21)27-19-8-9-19/h12,14-15,18-19H,5-11,13H2,1-4H3,(H,26,31)(H,24,25,27). The SMILES string of the molecule is Cc1nn(C)c(C)c1C(C)NC(=O)CCC1CCCN(c2cc(NC3CC3)ncn2)C1. The Morgan fingerprint density at radius 1 is 1.26 bits per heavy atom. The van der Waals surface area contributed by atoms with Crippen molar-refractivity contribution in [1.29, 1.82) is 0 Å². The van der Waals surface area contributed by atoms with Gasteiger partial charge in [-0.1, -0.05) is 0 Å². The second-order valence-electron chi connectivity index (χ2n) is 9.17. The summed E-state index contributed by atoms with van der Waals surface area (Å²) in [7, 11) is 1.94. The lowest BCUT2D eigenvalue weighted by molar-refractivity contribution is -0.122. The van der Waals surface area contributed by atoms with Crippen molar-refractivity contribution in [2.24, 2.45) is 13.0 Å². The lowest BCUT2D eigenvalue weighted by atomic mass is 9.93. The molecule has 1 aliphatic heterocycles. The average Bonchev–Trinajstić information content (AvgIpc) is 3.52. The highest BCUT2D eigenvalue weighted by Crippen LogP contribution is 2.28. The minimum Gasteiger partial charge on any atom is -0.367 e. The number of nitrogens with zero attached hydrogens (tertiary/aromatic N) is 5. The van der Waals surface area contributed by atoms with Crippen LogP contribution < -0.4 is 15.5 Å². The maximum absolute atomic E-state index is 12.6. The number of carbonyl (C=O) groups is 1. The number of hydrogen-bond acceptors (Lipinski definition) is 6. The maximum atomic E-state index is 12.6. The van der Waals surface area contributed by atoms with Gasteiger partial charge in [0.2, 0.25) is 5.91 Å². The Balaban J connectivity index is 1.28. The molecular formula is C23H35N7O. The first-order valence-corrected chi connectivity index (χ1v) is 11.5. The van der Waals surface area contributed by atoms with E-state index in [1.54, 1.807) is 6.33 Å². The Morgan fingerprint density at radius 2 is 2.06 bits per heavy atom. The maximum Gasteiger partial charge on any atom is 0.220 e. The fourth-order valence-electron chi connectivity index (χ4n) is 4.68. The van der Waals surface area contributed by atoms with Crippen LogP contribution in [0.4, 0.5) is 11.6 Å². The molecule has 0 spiro atoms. The molecule has 168 valence electrons. The molecule has 2 N–H and O–H groups in total. The molecule has 2 aliphatic rings. The van der Waals surface area contributed by atoms with E-state index in [-0.39, 0.29) is 11.9 Å². The molecule has 0 aromatic carbocycles. The number of amides is 1. The summed E-state index contributed by atoms with van der Waals surface area (Å²) in [4.78, 5) is 23.8. The topological polar surface area (TPSA) is 88.0 Å². The van der Waals surface area contributed by atoms with Gasteiger partial charge in [0.25, 0.3) is 0 Å². The summed E-state index contributed by atoms with van der Waals surface area (Å²) in [6.07, 6.45) is 7.86. The first kappa shape index (κ1) is 21.6. The van der Waals surface area contributed by atoms with Crippen LogP contribution in [-0.2, 0) is 11.8 Å². The third-order valence-corrected chi connectivity index (χ3v) is 6.58. The van der Waals surface area contributed by atoms with Gasteiger partial charge < -0.3 is 15.5 Å². The summed E-state index contributed by atoms with van der Waals surface area (Å²) in [5.41, 5.74) is 3.21. The minimum absolute atomic E-state index is 0.0255. The average molecular weight is 426 g/mol. The highest BCUT2D eigenvalue weighted by molar-refractivity contribution is 5.76. The second kappa shape index (κ2) is 9.24. The van der Waals surface area contributed by atoms with E-state index < -0.39 is 0 Å². The van der Waals surface area contributed by atoms with Crippen LogP contribution in [0.3, 0.4) is 0 Å². The Hall–Kier alpha value is -2.64. The third kappa shape index (κ3) is 5.35. The Kier molecular flexibility index (Phi) is 6.43. The molecule has 1 saturated carbocycles. The number of rotatable bonds is 8. The van der Waals surface area contributed by atoms with Crippen LogP contribution in [0.25, 0.3) is 0 Å². The molecule has 31 heavy (non-hydrogen) atoms. The molecule has 0 radical (unpaired) electrons. The van der Waals surface area contributed by atoms with Gasteiger partial charge >= 0.3 is 0 Å². The highest BCUT2D eigenvalue weighted by atomic mass is 16.1. The quantitative estimate of drug-likeness (QED) is 0.675. The fraction of sp³-hybridized carbons (Fsp3) is 0.652. The first-order chi connectivity index (χ1) is 14.9. The van der Waals surface area contributed by atoms with E-state index in [2.05, 4.69) is 36.7 Å². The Labute approximate surface area is 184 Å². The Bertz CT molecular complexity index is 921. The van der Waals surface area contributed by atoms with Crippen molar-refractivity contribution in [3.8, 4) is 0 Å². The first-order valence-electron chi connectivity index (χ1n) is 11.5. The predicted octanol–water partition coefficient (Wildman–Crippen LogP) is 3.28. The molecule has 1 saturated heterocycles. The van der Waals surface area contributed by atoms with Crippen molar-refractivity contribution in [1.82, 2.24) is 25.1 Å². The highest BCUT2D eigenvalue weighted by Gasteiger charge is 2.25. The molecule has 1 amide bonds. The molecule has 4 rings (SSSR count). The van der Waals surface area contributed by atoms with Crippen molar-refractivity contribution in [3.63, 3.8) is 0 Å². The van der Waals surface area contributed by atoms with Gasteiger partial charge in [0, 0.05) is 49.9 Å². The van der Waals surface area contributed by atoms with Crippen LogP contribution in [0.2, 0.25) is 0 Å². The van der Waals surface area contributed by atoms with Gasteiger partial charge in [0.1, 0.15) is 18.0 Å². The molecular weight excluding hydrogens is 390 g/mol. The number of hydrogen-bond donors (Lipinski definition) is 2. The molecule has 2 atom stereocenters. The molecule has 3 heterocycles. The van der Waals surface area contributed by atoms with Gasteiger partial charge in [0.05, 0.1) is 11.7 Å². The molecule has 2 aromatic rings. The predicted molar refractivity (Wildman–Crippen MR) is 122 cm³/mol. The number of piperidine rings is 1. The summed E-state index contributed by atoms with van der Waals surface area (Å²) in [6, 6.07) is 2.62. The Morgan fingerprint density at radius 3 is 2.77 bits per heavy atom. The smallest absolute Gasteiger partial charge is 0.220 e. The van der Waals surface area contributed by atoms with Gasteiger partial charge in [-0.2, -0.15) is 5.10 Å². The van der Waals surface area contributed by atoms with Gasteiger partial charge in [-0.25, -0.2) is 9.97 Å². The van der Waals surface area contributed by atoms with Crippen molar-refractivity contribution >= 4 is 17.5 Å². The normalized spacial score (nSPS) is 19.9. The van der Waals surface area contributed by atoms with Crippen molar-refractivity contribution in [2.75, 3.05) is 23.3 Å². The largest absolute Gasteiger partial charge is 0.367 e. The van der Waals surface area contributed by atoms with Crippen LogP contribution in [0.15, 0.2) is 12.4 Å². The van der Waals surface area contributed by atoms with Gasteiger partial charge in [-0.15, -0.1) is 0 Å². The zero-order valence-corrected chi connectivity index (χ0v) is 19.2. The van der Waals surface area contributed by atoms with Crippen molar-refractivity contribution in [2.45, 2.75) is 71.4 Å². The molecule has 8 nitrogen and oxygen atoms in total. The lowest BCUT2D eigenvalue weighted by Crippen LogP contribution is -2.36. The molecule has 8 heteroatoms. The molecule has 2 unspecified atom stereocenters. The zero-order valence-electron chi connectivity index (χ0n) is 19.2. The van der Waals surface area contributed by atoms with E-state index in [0.29, 0.717) is 18.4 Å². The van der Waals surface area contributed by atoms with Gasteiger partial charge in [0.15, 0.2) is 0 Å². The monoisotopic (exact) mass is 425 g/mol. The van der Waals surface area contributed by atoms with Crippen molar-refractivity contribution < 1.29 is 4.79 Å². The van der Waals surface area contributed by atoms with Crippen LogP contribution in [-0.4, -0.2) is 44.8 Å². The van der Waals surface area contributed by atoms with E-state index in [0.717, 1.165) is 54.5 Å². The van der Waals surface area contributed by atoms with Gasteiger partial charge in [-0.3, -0.25) is 9.48 Å². The summed E-state index contributed by atoms with van der Waals surface area (Å²) in [5, 5.41) is 11.1. The lowest BCUT2D eigenvalue weighted by Gasteiger charge is -2.33. The second-order valence-corrected chi connectivity index (χ2v) is 9.17. The number of aryl methyl sites for hydroxylation is 2. The molecule has 0 bridgehead atoms.